The van der Waals surface area contributed by atoms with Gasteiger partial charge in [0.15, 0.2) is 0 Å². The number of rotatable bonds is 4. The Morgan fingerprint density at radius 3 is 2.71 bits per heavy atom. The Morgan fingerprint density at radius 1 is 1.53 bits per heavy atom. The van der Waals surface area contributed by atoms with E-state index in [-0.39, 0.29) is 24.2 Å². The smallest absolute Gasteiger partial charge is 0.310 e. The number of esters is 1. The van der Waals surface area contributed by atoms with Gasteiger partial charge in [-0.1, -0.05) is 28.1 Å². The molecule has 1 aromatic rings. The largest absolute Gasteiger partial charge is 0.466 e. The van der Waals surface area contributed by atoms with Gasteiger partial charge in [0.25, 0.3) is 0 Å². The van der Waals surface area contributed by atoms with Crippen molar-refractivity contribution in [1.82, 2.24) is 0 Å². The summed E-state index contributed by atoms with van der Waals surface area (Å²) in [6, 6.07) is 4.94. The first-order chi connectivity index (χ1) is 8.13. The molecule has 0 spiro atoms. The molecule has 0 N–H and O–H groups in total. The quantitative estimate of drug-likeness (QED) is 0.634. The number of alkyl halides is 1. The summed E-state index contributed by atoms with van der Waals surface area (Å²) in [5.41, 5.74) is 0.728. The molecular formula is C12H11BrFNO2. The van der Waals surface area contributed by atoms with Crippen LogP contribution >= 0.6 is 15.9 Å². The van der Waals surface area contributed by atoms with Crippen LogP contribution < -0.4 is 0 Å². The lowest BCUT2D eigenvalue weighted by Gasteiger charge is -2.07. The Kier molecular flexibility index (Phi) is 5.11. The first-order valence-electron chi connectivity index (χ1n) is 5.06. The van der Waals surface area contributed by atoms with Crippen LogP contribution in [0.15, 0.2) is 12.1 Å². The third-order valence-electron chi connectivity index (χ3n) is 2.20. The second kappa shape index (κ2) is 6.36. The van der Waals surface area contributed by atoms with Crippen molar-refractivity contribution in [3.63, 3.8) is 0 Å². The number of ether oxygens (including phenoxy) is 1. The lowest BCUT2D eigenvalue weighted by atomic mass is 10.0. The van der Waals surface area contributed by atoms with Crippen molar-refractivity contribution < 1.29 is 13.9 Å². The monoisotopic (exact) mass is 299 g/mol. The van der Waals surface area contributed by atoms with Crippen molar-refractivity contribution in [3.8, 4) is 6.07 Å². The van der Waals surface area contributed by atoms with Gasteiger partial charge in [0.2, 0.25) is 0 Å². The Hall–Kier alpha value is -1.41. The molecule has 0 unspecified atom stereocenters. The van der Waals surface area contributed by atoms with Gasteiger partial charge in [0, 0.05) is 10.9 Å². The molecule has 0 bridgehead atoms. The minimum Gasteiger partial charge on any atom is -0.466 e. The topological polar surface area (TPSA) is 50.1 Å². The fraction of sp³-hybridized carbons (Fsp3) is 0.333. The van der Waals surface area contributed by atoms with Crippen LogP contribution in [-0.4, -0.2) is 12.6 Å². The summed E-state index contributed by atoms with van der Waals surface area (Å²) in [6.07, 6.45) is -0.156. The van der Waals surface area contributed by atoms with Gasteiger partial charge in [0.05, 0.1) is 18.6 Å². The van der Waals surface area contributed by atoms with Gasteiger partial charge < -0.3 is 4.74 Å². The molecule has 1 aromatic carbocycles. The standard InChI is InChI=1S/C12H11BrFNO2/c1-2-17-11(16)5-8-3-4-9(6-13)10(7-15)12(8)14/h3-4H,2,5-6H2,1H3. The number of benzene rings is 1. The predicted octanol–water partition coefficient (Wildman–Crippen LogP) is 2.70. The number of nitrogens with zero attached hydrogens (tertiary/aromatic N) is 1. The van der Waals surface area contributed by atoms with Crippen LogP contribution in [0.3, 0.4) is 0 Å². The maximum absolute atomic E-state index is 13.9. The highest BCUT2D eigenvalue weighted by Gasteiger charge is 2.15. The van der Waals surface area contributed by atoms with Crippen molar-refractivity contribution in [2.24, 2.45) is 0 Å². The number of carbonyl (C=O) groups excluding carboxylic acids is 1. The van der Waals surface area contributed by atoms with E-state index in [9.17, 15) is 9.18 Å². The van der Waals surface area contributed by atoms with Crippen molar-refractivity contribution in [1.29, 1.82) is 5.26 Å². The van der Waals surface area contributed by atoms with Gasteiger partial charge in [-0.3, -0.25) is 4.79 Å². The lowest BCUT2D eigenvalue weighted by molar-refractivity contribution is -0.142. The molecule has 1 rings (SSSR count). The highest BCUT2D eigenvalue weighted by atomic mass is 79.9. The van der Waals surface area contributed by atoms with E-state index in [1.54, 1.807) is 19.1 Å². The molecular weight excluding hydrogens is 289 g/mol. The zero-order chi connectivity index (χ0) is 12.8. The van der Waals surface area contributed by atoms with Crippen molar-refractivity contribution >= 4 is 21.9 Å². The molecule has 0 saturated carbocycles. The first-order valence-corrected chi connectivity index (χ1v) is 6.18. The molecule has 0 aliphatic rings. The van der Waals surface area contributed by atoms with Crippen molar-refractivity contribution in [2.45, 2.75) is 18.7 Å². The Labute approximate surface area is 107 Å². The second-order valence-corrected chi connectivity index (χ2v) is 3.86. The van der Waals surface area contributed by atoms with Crippen LogP contribution in [0.4, 0.5) is 4.39 Å². The number of hydrogen-bond acceptors (Lipinski definition) is 3. The highest BCUT2D eigenvalue weighted by molar-refractivity contribution is 9.08. The van der Waals surface area contributed by atoms with Crippen LogP contribution in [-0.2, 0) is 21.3 Å². The van der Waals surface area contributed by atoms with E-state index in [4.69, 9.17) is 10.00 Å². The molecule has 5 heteroatoms. The van der Waals surface area contributed by atoms with Crippen LogP contribution in [0, 0.1) is 17.1 Å². The molecule has 0 fully saturated rings. The van der Waals surface area contributed by atoms with E-state index in [0.717, 1.165) is 0 Å². The molecule has 0 aliphatic carbocycles. The van der Waals surface area contributed by atoms with Gasteiger partial charge in [-0.2, -0.15) is 5.26 Å². The normalized spacial score (nSPS) is 9.76. The molecule has 17 heavy (non-hydrogen) atoms. The summed E-state index contributed by atoms with van der Waals surface area (Å²) in [6.45, 7) is 1.94. The summed E-state index contributed by atoms with van der Waals surface area (Å²) in [5.74, 6) is -1.14. The lowest BCUT2D eigenvalue weighted by Crippen LogP contribution is -2.10. The third kappa shape index (κ3) is 3.27. The Morgan fingerprint density at radius 2 is 2.18 bits per heavy atom. The van der Waals surface area contributed by atoms with E-state index in [2.05, 4.69) is 15.9 Å². The maximum atomic E-state index is 13.9. The summed E-state index contributed by atoms with van der Waals surface area (Å²) in [4.78, 5) is 11.2. The van der Waals surface area contributed by atoms with E-state index in [0.29, 0.717) is 10.9 Å². The van der Waals surface area contributed by atoms with Crippen LogP contribution in [0.1, 0.15) is 23.6 Å². The fourth-order valence-corrected chi connectivity index (χ4v) is 1.86. The van der Waals surface area contributed by atoms with Gasteiger partial charge in [-0.15, -0.1) is 0 Å². The minimum absolute atomic E-state index is 0.0244. The molecule has 90 valence electrons. The van der Waals surface area contributed by atoms with E-state index in [1.165, 1.54) is 6.07 Å². The summed E-state index contributed by atoms with van der Waals surface area (Å²) in [7, 11) is 0. The van der Waals surface area contributed by atoms with E-state index in [1.807, 2.05) is 0 Å². The van der Waals surface area contributed by atoms with Crippen LogP contribution in [0.25, 0.3) is 0 Å². The van der Waals surface area contributed by atoms with Gasteiger partial charge in [-0.05, 0) is 12.5 Å². The molecule has 0 atom stereocenters. The maximum Gasteiger partial charge on any atom is 0.310 e. The Balaban J connectivity index is 3.04. The predicted molar refractivity (Wildman–Crippen MR) is 64.1 cm³/mol. The summed E-state index contributed by atoms with van der Waals surface area (Å²) >= 11 is 3.17. The highest BCUT2D eigenvalue weighted by Crippen LogP contribution is 2.20. The van der Waals surface area contributed by atoms with Crippen molar-refractivity contribution in [2.75, 3.05) is 6.61 Å². The average Bonchev–Trinajstić information content (AvgIpc) is 2.31. The number of halogens is 2. The number of hydrogen-bond donors (Lipinski definition) is 0. The van der Waals surface area contributed by atoms with Gasteiger partial charge >= 0.3 is 5.97 Å². The molecule has 0 aromatic heterocycles. The fourth-order valence-electron chi connectivity index (χ4n) is 1.40. The van der Waals surface area contributed by atoms with E-state index >= 15 is 0 Å². The molecule has 0 aliphatic heterocycles. The molecule has 0 radical (unpaired) electrons. The summed E-state index contributed by atoms with van der Waals surface area (Å²) < 4.78 is 18.6. The van der Waals surface area contributed by atoms with Crippen molar-refractivity contribution in [3.05, 3.63) is 34.6 Å². The average molecular weight is 300 g/mol. The summed E-state index contributed by atoms with van der Waals surface area (Å²) in [5, 5.41) is 9.26. The Bertz CT molecular complexity index is 468. The zero-order valence-electron chi connectivity index (χ0n) is 9.30. The minimum atomic E-state index is -0.641. The van der Waals surface area contributed by atoms with Crippen LogP contribution in [0.5, 0.6) is 0 Å². The molecule has 0 saturated heterocycles. The van der Waals surface area contributed by atoms with Gasteiger partial charge in [-0.25, -0.2) is 4.39 Å². The number of nitriles is 1. The van der Waals surface area contributed by atoms with Crippen LogP contribution in [0.2, 0.25) is 0 Å². The molecule has 0 amide bonds. The third-order valence-corrected chi connectivity index (χ3v) is 2.81. The molecule has 3 nitrogen and oxygen atoms in total. The molecule has 0 heterocycles. The number of carbonyl (C=O) groups is 1. The SMILES string of the molecule is CCOC(=O)Cc1ccc(CBr)c(C#N)c1F. The van der Waals surface area contributed by atoms with E-state index < -0.39 is 11.8 Å². The zero-order valence-corrected chi connectivity index (χ0v) is 10.9. The van der Waals surface area contributed by atoms with Gasteiger partial charge in [0.1, 0.15) is 11.9 Å². The second-order valence-electron chi connectivity index (χ2n) is 3.30. The first kappa shape index (κ1) is 13.7.